The lowest BCUT2D eigenvalue weighted by molar-refractivity contribution is 0.0926. The fraction of sp³-hybridized carbons (Fsp3) is 0.450. The normalized spacial score (nSPS) is 16.0. The number of nitrogens with zero attached hydrogens (tertiary/aromatic N) is 1. The van der Waals surface area contributed by atoms with Crippen LogP contribution in [0, 0.1) is 5.92 Å². The summed E-state index contributed by atoms with van der Waals surface area (Å²) in [5.41, 5.74) is 2.72. The Morgan fingerprint density at radius 1 is 1.24 bits per heavy atom. The van der Waals surface area contributed by atoms with E-state index >= 15 is 0 Å². The molecule has 5 nitrogen and oxygen atoms in total. The molecule has 2 N–H and O–H groups in total. The van der Waals surface area contributed by atoms with Gasteiger partial charge in [-0.25, -0.2) is 0 Å². The molecular formula is C20H27N3O2. The number of hydrogen-bond acceptors (Lipinski definition) is 3. The van der Waals surface area contributed by atoms with Gasteiger partial charge in [-0.05, 0) is 37.4 Å². The van der Waals surface area contributed by atoms with Gasteiger partial charge in [0.1, 0.15) is 0 Å². The van der Waals surface area contributed by atoms with Crippen LogP contribution in [0.15, 0.2) is 42.7 Å². The molecule has 1 aliphatic rings. The Morgan fingerprint density at radius 3 is 2.72 bits per heavy atom. The number of rotatable bonds is 7. The third kappa shape index (κ3) is 4.71. The molecule has 0 spiro atoms. The zero-order chi connectivity index (χ0) is 17.5. The molecule has 0 aliphatic carbocycles. The highest BCUT2D eigenvalue weighted by Crippen LogP contribution is 2.23. The zero-order valence-corrected chi connectivity index (χ0v) is 14.8. The molecule has 0 saturated carbocycles. The van der Waals surface area contributed by atoms with Gasteiger partial charge in [-0.2, -0.15) is 0 Å². The van der Waals surface area contributed by atoms with Crippen molar-refractivity contribution in [2.24, 2.45) is 5.92 Å². The number of carbonyl (C=O) groups is 1. The topological polar surface area (TPSA) is 57.4 Å². The van der Waals surface area contributed by atoms with Crippen molar-refractivity contribution in [3.8, 4) is 11.1 Å². The minimum absolute atomic E-state index is 0.00177. The summed E-state index contributed by atoms with van der Waals surface area (Å²) < 4.78 is 5.14. The zero-order valence-electron chi connectivity index (χ0n) is 14.8. The predicted octanol–water partition coefficient (Wildman–Crippen LogP) is 2.77. The number of aromatic amines is 1. The molecular weight excluding hydrogens is 314 g/mol. The Hall–Kier alpha value is -2.11. The Labute approximate surface area is 149 Å². The van der Waals surface area contributed by atoms with Crippen LogP contribution in [0.3, 0.4) is 0 Å². The van der Waals surface area contributed by atoms with Gasteiger partial charge in [-0.3, -0.25) is 4.79 Å². The van der Waals surface area contributed by atoms with Gasteiger partial charge < -0.3 is 19.9 Å². The molecule has 0 unspecified atom stereocenters. The smallest absolute Gasteiger partial charge is 0.253 e. The van der Waals surface area contributed by atoms with E-state index in [0.717, 1.165) is 56.8 Å². The first kappa shape index (κ1) is 17.7. The molecule has 0 bridgehead atoms. The molecule has 2 heterocycles. The number of likely N-dealkylation sites (tertiary alicyclic amines) is 1. The Morgan fingerprint density at radius 2 is 2.00 bits per heavy atom. The molecule has 1 amide bonds. The second kappa shape index (κ2) is 8.83. The maximum absolute atomic E-state index is 12.6. The van der Waals surface area contributed by atoms with E-state index in [1.807, 2.05) is 36.5 Å². The maximum Gasteiger partial charge on any atom is 0.253 e. The van der Waals surface area contributed by atoms with E-state index in [1.165, 1.54) is 0 Å². The third-order valence-corrected chi connectivity index (χ3v) is 4.95. The molecule has 0 radical (unpaired) electrons. The molecule has 1 fully saturated rings. The van der Waals surface area contributed by atoms with E-state index in [4.69, 9.17) is 4.74 Å². The number of piperidine rings is 1. The van der Waals surface area contributed by atoms with Crippen LogP contribution in [-0.4, -0.2) is 55.7 Å². The quantitative estimate of drug-likeness (QED) is 0.814. The van der Waals surface area contributed by atoms with Crippen molar-refractivity contribution in [2.75, 3.05) is 39.9 Å². The van der Waals surface area contributed by atoms with E-state index in [0.29, 0.717) is 11.5 Å². The Kier molecular flexibility index (Phi) is 6.25. The summed E-state index contributed by atoms with van der Waals surface area (Å²) in [6, 6.07) is 10.0. The number of carbonyl (C=O) groups excluding carboxylic acids is 1. The van der Waals surface area contributed by atoms with E-state index in [2.05, 4.69) is 15.2 Å². The second-order valence-corrected chi connectivity index (χ2v) is 6.64. The third-order valence-electron chi connectivity index (χ3n) is 4.95. The minimum Gasteiger partial charge on any atom is -0.383 e. The number of H-pyrrole nitrogens is 1. The number of aromatic nitrogens is 1. The summed E-state index contributed by atoms with van der Waals surface area (Å²) in [4.78, 5) is 18.1. The highest BCUT2D eigenvalue weighted by Gasteiger charge is 2.20. The van der Waals surface area contributed by atoms with Gasteiger partial charge in [0.15, 0.2) is 0 Å². The highest BCUT2D eigenvalue weighted by molar-refractivity contribution is 6.00. The molecule has 1 aromatic carbocycles. The van der Waals surface area contributed by atoms with Crippen LogP contribution in [0.25, 0.3) is 11.1 Å². The van der Waals surface area contributed by atoms with Crippen LogP contribution >= 0.6 is 0 Å². The fourth-order valence-electron chi connectivity index (χ4n) is 3.38. The summed E-state index contributed by atoms with van der Waals surface area (Å²) in [5, 5.41) is 3.12. The summed E-state index contributed by atoms with van der Waals surface area (Å²) in [5.74, 6) is 0.559. The van der Waals surface area contributed by atoms with Crippen LogP contribution in [0.1, 0.15) is 23.2 Å². The lowest BCUT2D eigenvalue weighted by Gasteiger charge is -2.31. The Bertz CT molecular complexity index is 661. The average Bonchev–Trinajstić information content (AvgIpc) is 3.16. The average molecular weight is 341 g/mol. The lowest BCUT2D eigenvalue weighted by Crippen LogP contribution is -2.39. The monoisotopic (exact) mass is 341 g/mol. The van der Waals surface area contributed by atoms with E-state index in [9.17, 15) is 4.79 Å². The molecule has 5 heteroatoms. The van der Waals surface area contributed by atoms with Gasteiger partial charge in [0.05, 0.1) is 12.2 Å². The van der Waals surface area contributed by atoms with Crippen molar-refractivity contribution in [1.29, 1.82) is 0 Å². The lowest BCUT2D eigenvalue weighted by atomic mass is 9.96. The van der Waals surface area contributed by atoms with Crippen molar-refractivity contribution in [1.82, 2.24) is 15.2 Å². The largest absolute Gasteiger partial charge is 0.383 e. The molecule has 1 aliphatic heterocycles. The molecule has 134 valence electrons. The molecule has 2 aromatic rings. The first-order valence-electron chi connectivity index (χ1n) is 8.99. The van der Waals surface area contributed by atoms with Gasteiger partial charge in [0, 0.05) is 38.2 Å². The maximum atomic E-state index is 12.6. The van der Waals surface area contributed by atoms with Gasteiger partial charge in [-0.1, -0.05) is 30.3 Å². The van der Waals surface area contributed by atoms with Crippen LogP contribution in [0.4, 0.5) is 0 Å². The van der Waals surface area contributed by atoms with E-state index < -0.39 is 0 Å². The first-order valence-corrected chi connectivity index (χ1v) is 8.99. The SMILES string of the molecule is COCCN1CCC(CNC(=O)c2c[nH]cc2-c2ccccc2)CC1. The van der Waals surface area contributed by atoms with Crippen molar-refractivity contribution in [2.45, 2.75) is 12.8 Å². The first-order chi connectivity index (χ1) is 12.3. The van der Waals surface area contributed by atoms with Crippen LogP contribution < -0.4 is 5.32 Å². The molecule has 0 atom stereocenters. The predicted molar refractivity (Wildman–Crippen MR) is 99.6 cm³/mol. The molecule has 1 aromatic heterocycles. The summed E-state index contributed by atoms with van der Waals surface area (Å²) >= 11 is 0. The van der Waals surface area contributed by atoms with Gasteiger partial charge >= 0.3 is 0 Å². The summed E-state index contributed by atoms with van der Waals surface area (Å²) in [6.45, 7) is 4.71. The Balaban J connectivity index is 1.50. The van der Waals surface area contributed by atoms with Crippen LogP contribution in [0.2, 0.25) is 0 Å². The molecule has 3 rings (SSSR count). The number of hydrogen-bond donors (Lipinski definition) is 2. The van der Waals surface area contributed by atoms with Gasteiger partial charge in [0.25, 0.3) is 5.91 Å². The van der Waals surface area contributed by atoms with Crippen LogP contribution in [-0.2, 0) is 4.74 Å². The highest BCUT2D eigenvalue weighted by atomic mass is 16.5. The van der Waals surface area contributed by atoms with Gasteiger partial charge in [0.2, 0.25) is 0 Å². The number of methoxy groups -OCH3 is 1. The summed E-state index contributed by atoms with van der Waals surface area (Å²) in [6.07, 6.45) is 5.93. The molecule has 1 saturated heterocycles. The van der Waals surface area contributed by atoms with Crippen molar-refractivity contribution in [3.63, 3.8) is 0 Å². The summed E-state index contributed by atoms with van der Waals surface area (Å²) in [7, 11) is 1.74. The number of nitrogens with one attached hydrogen (secondary N) is 2. The number of ether oxygens (including phenoxy) is 1. The second-order valence-electron chi connectivity index (χ2n) is 6.64. The van der Waals surface area contributed by atoms with E-state index in [-0.39, 0.29) is 5.91 Å². The van der Waals surface area contributed by atoms with Crippen molar-refractivity contribution >= 4 is 5.91 Å². The van der Waals surface area contributed by atoms with Gasteiger partial charge in [-0.15, -0.1) is 0 Å². The number of benzene rings is 1. The standard InChI is InChI=1S/C20H27N3O2/c1-25-12-11-23-9-7-16(8-10-23)13-22-20(24)19-15-21-14-18(19)17-5-3-2-4-6-17/h2-6,14-16,21H,7-13H2,1H3,(H,22,24). The number of amides is 1. The van der Waals surface area contributed by atoms with Crippen molar-refractivity contribution < 1.29 is 9.53 Å². The minimum atomic E-state index is 0.00177. The fourth-order valence-corrected chi connectivity index (χ4v) is 3.38. The van der Waals surface area contributed by atoms with Crippen molar-refractivity contribution in [3.05, 3.63) is 48.3 Å². The van der Waals surface area contributed by atoms with E-state index in [1.54, 1.807) is 13.3 Å². The van der Waals surface area contributed by atoms with Crippen LogP contribution in [0.5, 0.6) is 0 Å². The molecule has 25 heavy (non-hydrogen) atoms.